The van der Waals surface area contributed by atoms with Crippen molar-refractivity contribution in [2.24, 2.45) is 21.1 Å². The molecular weight excluding hydrogens is 2020 g/mol. The molecule has 0 bridgehead atoms. The van der Waals surface area contributed by atoms with Crippen LogP contribution < -0.4 is 29.0 Å². The van der Waals surface area contributed by atoms with Gasteiger partial charge in [-0.3, -0.25) is 45.2 Å². The summed E-state index contributed by atoms with van der Waals surface area (Å²) in [6.07, 6.45) is 16.3. The van der Waals surface area contributed by atoms with Crippen LogP contribution in [0.1, 0.15) is 32.4 Å². The Morgan fingerprint density at radius 1 is 0.336 bits per heavy atom. The third-order valence-electron chi connectivity index (χ3n) is 18.7. The molecular formula is C92H68Ir3N21O3-3. The van der Waals surface area contributed by atoms with E-state index in [9.17, 15) is 0 Å². The molecule has 0 saturated heterocycles. The van der Waals surface area contributed by atoms with Gasteiger partial charge in [0, 0.05) is 186 Å². The molecule has 0 N–H and O–H groups in total. The SMILES string of the molecule is C[n+]1ccccc1-c1nc(-c2ccccc2)n[n-]1.C[n+]1ccccc1-c1nc(C(C)(C)C)n[n-]1.Cc1n[n-]c(-c2cccc[n+]2C)n1.[Ir].[Ir].[Ir].[c-]1cc2c(cc1-c1cnc3cccnc3n1)oc1ccccc12.[c-]1cc2c(cc1-c1cnc3cccnc3n1)oc1ccccc12.[c-]1cc2c(cc1-c1cnc3cccnc3n1)oc1ccccc12. The Hall–Kier alpha value is -13.8. The van der Waals surface area contributed by atoms with Crippen LogP contribution in [0.25, 0.3) is 179 Å². The molecule has 7 aromatic carbocycles. The van der Waals surface area contributed by atoms with Crippen molar-refractivity contribution in [3.63, 3.8) is 0 Å². The quantitative estimate of drug-likeness (QED) is 0.106. The number of para-hydroxylation sites is 3. The topological polar surface area (TPSA) is 287 Å². The van der Waals surface area contributed by atoms with Crippen LogP contribution in [-0.2, 0) is 86.9 Å². The minimum Gasteiger partial charge on any atom is -0.476 e. The van der Waals surface area contributed by atoms with E-state index < -0.39 is 0 Å². The summed E-state index contributed by atoms with van der Waals surface area (Å²) in [4.78, 5) is 52.8. The average molecular weight is 2090 g/mol. The summed E-state index contributed by atoms with van der Waals surface area (Å²) in [6.45, 7) is 8.08. The minimum absolute atomic E-state index is 0. The Morgan fingerprint density at radius 3 is 1.06 bits per heavy atom. The number of aromatic nitrogens is 21. The number of hydrogen-bond donors (Lipinski definition) is 0. The normalized spacial score (nSPS) is 10.9. The molecule has 24 nitrogen and oxygen atoms in total. The van der Waals surface area contributed by atoms with Crippen molar-refractivity contribution in [2.45, 2.75) is 33.1 Å². The van der Waals surface area contributed by atoms with E-state index in [0.717, 1.165) is 145 Å². The molecule has 0 fully saturated rings. The maximum atomic E-state index is 5.92. The van der Waals surface area contributed by atoms with E-state index in [1.807, 2.05) is 273 Å². The molecule has 3 radical (unpaired) electrons. The van der Waals surface area contributed by atoms with E-state index in [-0.39, 0.29) is 65.7 Å². The predicted octanol–water partition coefficient (Wildman–Crippen LogP) is 16.2. The summed E-state index contributed by atoms with van der Waals surface area (Å²) >= 11 is 0. The molecule has 15 aromatic heterocycles. The fraction of sp³-hybridized carbons (Fsp3) is 0.0870. The summed E-state index contributed by atoms with van der Waals surface area (Å²) in [5.74, 6) is 4.17. The van der Waals surface area contributed by atoms with E-state index in [0.29, 0.717) is 46.1 Å². The van der Waals surface area contributed by atoms with Gasteiger partial charge in [0.2, 0.25) is 17.1 Å². The van der Waals surface area contributed by atoms with Gasteiger partial charge in [0.15, 0.2) is 35.5 Å². The van der Waals surface area contributed by atoms with Gasteiger partial charge in [0.05, 0.1) is 22.6 Å². The maximum absolute atomic E-state index is 5.92. The molecule has 0 unspecified atom stereocenters. The molecule has 589 valence electrons. The zero-order chi connectivity index (χ0) is 79.1. The number of hydrogen-bond acceptors (Lipinski definition) is 18. The molecule has 0 amide bonds. The van der Waals surface area contributed by atoms with Crippen LogP contribution in [0, 0.1) is 25.1 Å². The zero-order valence-electron chi connectivity index (χ0n) is 64.8. The van der Waals surface area contributed by atoms with Crippen molar-refractivity contribution in [3.05, 3.63) is 316 Å². The molecule has 119 heavy (non-hydrogen) atoms. The van der Waals surface area contributed by atoms with Crippen LogP contribution in [0.2, 0.25) is 0 Å². The van der Waals surface area contributed by atoms with Gasteiger partial charge in [-0.05, 0) is 101 Å². The van der Waals surface area contributed by atoms with Crippen LogP contribution >= 0.6 is 0 Å². The second-order valence-electron chi connectivity index (χ2n) is 27.8. The molecule has 22 rings (SSSR count). The van der Waals surface area contributed by atoms with Crippen molar-refractivity contribution in [2.75, 3.05) is 0 Å². The van der Waals surface area contributed by atoms with Gasteiger partial charge in [0.25, 0.3) is 0 Å². The first-order valence-electron chi connectivity index (χ1n) is 37.0. The number of furan rings is 3. The van der Waals surface area contributed by atoms with Crippen LogP contribution in [0.4, 0.5) is 0 Å². The third-order valence-corrected chi connectivity index (χ3v) is 18.7. The Balaban J connectivity index is 0.000000118. The number of pyridine rings is 6. The Bertz CT molecular complexity index is 6840. The molecule has 22 aromatic rings. The molecule has 0 aliphatic rings. The van der Waals surface area contributed by atoms with E-state index in [1.54, 1.807) is 37.2 Å². The monoisotopic (exact) mass is 2090 g/mol. The molecule has 0 spiro atoms. The second kappa shape index (κ2) is 36.6. The Kier molecular flexibility index (Phi) is 25.1. The first kappa shape index (κ1) is 81.8. The molecule has 15 heterocycles. The first-order chi connectivity index (χ1) is 56.7. The maximum Gasteiger partial charge on any atom is 0.205 e. The zero-order valence-corrected chi connectivity index (χ0v) is 71.9. The Morgan fingerprint density at radius 2 is 0.689 bits per heavy atom. The van der Waals surface area contributed by atoms with Gasteiger partial charge in [-0.15, -0.1) is 53.1 Å². The average Bonchev–Trinajstić information content (AvgIpc) is 1.65. The molecule has 0 atom stereocenters. The Labute approximate surface area is 721 Å². The van der Waals surface area contributed by atoms with Crippen molar-refractivity contribution < 1.29 is 87.3 Å². The number of fused-ring (bicyclic) bond motifs is 12. The molecule has 27 heteroatoms. The fourth-order valence-corrected chi connectivity index (χ4v) is 12.8. The van der Waals surface area contributed by atoms with E-state index in [1.165, 1.54) is 0 Å². The second-order valence-corrected chi connectivity index (χ2v) is 27.8. The largest absolute Gasteiger partial charge is 0.476 e. The van der Waals surface area contributed by atoms with Gasteiger partial charge < -0.3 is 43.5 Å². The van der Waals surface area contributed by atoms with E-state index in [4.69, 9.17) is 13.3 Å². The van der Waals surface area contributed by atoms with Crippen LogP contribution in [-0.4, -0.2) is 75.1 Å². The van der Waals surface area contributed by atoms with Gasteiger partial charge in [-0.25, -0.2) is 28.7 Å². The first-order valence-corrected chi connectivity index (χ1v) is 37.0. The minimum atomic E-state index is -0.0569. The third kappa shape index (κ3) is 18.3. The molecule has 0 aliphatic heterocycles. The summed E-state index contributed by atoms with van der Waals surface area (Å²) < 4.78 is 23.7. The summed E-state index contributed by atoms with van der Waals surface area (Å²) in [6, 6.07) is 84.3. The van der Waals surface area contributed by atoms with Crippen molar-refractivity contribution in [1.29, 1.82) is 0 Å². The van der Waals surface area contributed by atoms with Gasteiger partial charge in [-0.2, -0.15) is 0 Å². The van der Waals surface area contributed by atoms with Crippen molar-refractivity contribution in [3.8, 4) is 79.7 Å². The van der Waals surface area contributed by atoms with Gasteiger partial charge in [-0.1, -0.05) is 140 Å². The number of rotatable bonds is 7. The number of aryl methyl sites for hydroxylation is 4. The van der Waals surface area contributed by atoms with E-state index >= 15 is 0 Å². The van der Waals surface area contributed by atoms with Crippen LogP contribution in [0.3, 0.4) is 0 Å². The van der Waals surface area contributed by atoms with Crippen molar-refractivity contribution >= 4 is 99.3 Å². The van der Waals surface area contributed by atoms with Crippen molar-refractivity contribution in [1.82, 2.24) is 90.4 Å². The van der Waals surface area contributed by atoms with E-state index in [2.05, 4.69) is 148 Å². The molecule has 0 saturated carbocycles. The van der Waals surface area contributed by atoms with Gasteiger partial charge >= 0.3 is 0 Å². The summed E-state index contributed by atoms with van der Waals surface area (Å²) in [5, 5.41) is 30.8. The summed E-state index contributed by atoms with van der Waals surface area (Å²) in [5.41, 5.74) is 17.9. The fourth-order valence-electron chi connectivity index (χ4n) is 12.8. The predicted molar refractivity (Wildman–Crippen MR) is 441 cm³/mol. The smallest absolute Gasteiger partial charge is 0.205 e. The number of benzene rings is 7. The van der Waals surface area contributed by atoms with Crippen LogP contribution in [0.5, 0.6) is 0 Å². The summed E-state index contributed by atoms with van der Waals surface area (Å²) in [7, 11) is 5.90. The molecule has 0 aliphatic carbocycles. The van der Waals surface area contributed by atoms with Crippen LogP contribution in [0.15, 0.2) is 300 Å². The number of nitrogens with zero attached hydrogens (tertiary/aromatic N) is 21. The standard InChI is InChI=1S/3C19H10N3O.C14H12N4.C12H16N4.C9H10N4.3Ir/c3*1-2-6-17-13(4-1)14-8-7-12(10-18(14)23-17)16-11-21-15-5-3-9-20-19(15)22-16;1-18-10-6-5-9-12(18)14-15-13(16-17-14)11-7-3-2-4-8-11;1-12(2,3)11-13-10(14-15-11)9-7-5-6-8-16(9)4;1-7-10-9(12-11-7)8-5-3-4-6-13(8)2;;;/h3*1-6,8-11H;2-10H,1H3;5-8H,1-4H3;3-6H,1-2H3;;;/q3*-1;;;;;;. The van der Waals surface area contributed by atoms with Gasteiger partial charge in [0.1, 0.15) is 54.4 Å².